The standard InChI is InChI=1S/C20H23N5O3/c1-13(2)15-9-16(18(27)10-17(15)26)20-23-22-12-25(20)14-3-4-19(21-11-14)24-5-7-28-8-6-24/h3-4,9-13,26-27H,5-8H2,1-2H3. The summed E-state index contributed by atoms with van der Waals surface area (Å²) in [5.74, 6) is 1.51. The van der Waals surface area contributed by atoms with E-state index in [1.165, 1.54) is 6.07 Å². The highest BCUT2D eigenvalue weighted by molar-refractivity contribution is 5.69. The van der Waals surface area contributed by atoms with E-state index < -0.39 is 0 Å². The zero-order valence-electron chi connectivity index (χ0n) is 15.9. The summed E-state index contributed by atoms with van der Waals surface area (Å²) in [6, 6.07) is 7.01. The molecular formula is C20H23N5O3. The summed E-state index contributed by atoms with van der Waals surface area (Å²) in [5.41, 5.74) is 2.04. The molecule has 3 heterocycles. The molecule has 0 aliphatic carbocycles. The van der Waals surface area contributed by atoms with Crippen molar-refractivity contribution in [2.24, 2.45) is 0 Å². The molecule has 1 aromatic carbocycles. The molecule has 1 aliphatic rings. The number of nitrogens with zero attached hydrogens (tertiary/aromatic N) is 5. The van der Waals surface area contributed by atoms with Gasteiger partial charge in [-0.25, -0.2) is 4.98 Å². The van der Waals surface area contributed by atoms with Crippen molar-refractivity contribution in [3.8, 4) is 28.6 Å². The van der Waals surface area contributed by atoms with Crippen LogP contribution in [0.5, 0.6) is 11.5 Å². The van der Waals surface area contributed by atoms with Crippen molar-refractivity contribution < 1.29 is 14.9 Å². The molecule has 146 valence electrons. The molecule has 8 nitrogen and oxygen atoms in total. The summed E-state index contributed by atoms with van der Waals surface area (Å²) >= 11 is 0. The molecule has 0 unspecified atom stereocenters. The lowest BCUT2D eigenvalue weighted by Crippen LogP contribution is -2.36. The van der Waals surface area contributed by atoms with Gasteiger partial charge in [0.1, 0.15) is 23.6 Å². The quantitative estimate of drug-likeness (QED) is 0.717. The van der Waals surface area contributed by atoms with Gasteiger partial charge < -0.3 is 19.8 Å². The summed E-state index contributed by atoms with van der Waals surface area (Å²) in [6.07, 6.45) is 3.35. The summed E-state index contributed by atoms with van der Waals surface area (Å²) in [5, 5.41) is 28.7. The van der Waals surface area contributed by atoms with Gasteiger partial charge in [-0.2, -0.15) is 0 Å². The third kappa shape index (κ3) is 3.38. The van der Waals surface area contributed by atoms with Gasteiger partial charge in [-0.15, -0.1) is 10.2 Å². The number of phenolic OH excluding ortho intramolecular Hbond substituents is 2. The van der Waals surface area contributed by atoms with Crippen LogP contribution in [0.4, 0.5) is 5.82 Å². The van der Waals surface area contributed by atoms with Crippen LogP contribution >= 0.6 is 0 Å². The molecule has 1 fully saturated rings. The number of anilines is 1. The number of hydrogen-bond donors (Lipinski definition) is 2. The topological polar surface area (TPSA) is 96.5 Å². The molecule has 0 amide bonds. The van der Waals surface area contributed by atoms with Crippen molar-refractivity contribution in [2.75, 3.05) is 31.2 Å². The summed E-state index contributed by atoms with van der Waals surface area (Å²) in [7, 11) is 0. The average Bonchev–Trinajstić information content (AvgIpc) is 3.18. The molecule has 3 aromatic rings. The summed E-state index contributed by atoms with van der Waals surface area (Å²) in [4.78, 5) is 6.75. The zero-order chi connectivity index (χ0) is 19.7. The van der Waals surface area contributed by atoms with Gasteiger partial charge in [-0.05, 0) is 29.7 Å². The molecule has 0 atom stereocenters. The second kappa shape index (κ2) is 7.47. The number of hydrogen-bond acceptors (Lipinski definition) is 7. The predicted molar refractivity (Wildman–Crippen MR) is 105 cm³/mol. The van der Waals surface area contributed by atoms with E-state index in [9.17, 15) is 10.2 Å². The Hall–Kier alpha value is -3.13. The van der Waals surface area contributed by atoms with E-state index in [0.29, 0.717) is 24.6 Å². The van der Waals surface area contributed by atoms with Gasteiger partial charge in [0.25, 0.3) is 0 Å². The number of morpholine rings is 1. The minimum absolute atomic E-state index is 0.0472. The van der Waals surface area contributed by atoms with Crippen LogP contribution < -0.4 is 4.90 Å². The van der Waals surface area contributed by atoms with E-state index in [4.69, 9.17) is 4.74 Å². The first-order valence-corrected chi connectivity index (χ1v) is 9.30. The summed E-state index contributed by atoms with van der Waals surface area (Å²) < 4.78 is 7.15. The number of aromatic hydroxyl groups is 2. The normalized spacial score (nSPS) is 14.6. The Morgan fingerprint density at radius 2 is 1.86 bits per heavy atom. The third-order valence-corrected chi connectivity index (χ3v) is 4.90. The lowest BCUT2D eigenvalue weighted by molar-refractivity contribution is 0.122. The second-order valence-electron chi connectivity index (χ2n) is 7.08. The molecule has 0 saturated carbocycles. The van der Waals surface area contributed by atoms with Gasteiger partial charge >= 0.3 is 0 Å². The van der Waals surface area contributed by atoms with Crippen LogP contribution in [0.15, 0.2) is 36.8 Å². The first-order chi connectivity index (χ1) is 13.5. The zero-order valence-corrected chi connectivity index (χ0v) is 15.9. The van der Waals surface area contributed by atoms with Crippen LogP contribution in [-0.4, -0.2) is 56.3 Å². The fraction of sp³-hybridized carbons (Fsp3) is 0.350. The minimum atomic E-state index is -0.0472. The Morgan fingerprint density at radius 3 is 2.54 bits per heavy atom. The highest BCUT2D eigenvalue weighted by Crippen LogP contribution is 2.37. The largest absolute Gasteiger partial charge is 0.508 e. The first-order valence-electron chi connectivity index (χ1n) is 9.30. The average molecular weight is 381 g/mol. The molecular weight excluding hydrogens is 358 g/mol. The number of pyridine rings is 1. The number of ether oxygens (including phenoxy) is 1. The molecule has 2 aromatic heterocycles. The maximum Gasteiger partial charge on any atom is 0.172 e. The molecule has 2 N–H and O–H groups in total. The van der Waals surface area contributed by atoms with Crippen molar-refractivity contribution in [3.05, 3.63) is 42.4 Å². The Bertz CT molecular complexity index is 962. The van der Waals surface area contributed by atoms with Crippen molar-refractivity contribution in [3.63, 3.8) is 0 Å². The smallest absolute Gasteiger partial charge is 0.172 e. The van der Waals surface area contributed by atoms with Crippen molar-refractivity contribution in [1.82, 2.24) is 19.7 Å². The molecule has 1 saturated heterocycles. The molecule has 0 bridgehead atoms. The van der Waals surface area contributed by atoms with Crippen LogP contribution in [0.25, 0.3) is 17.1 Å². The Balaban J connectivity index is 1.69. The summed E-state index contributed by atoms with van der Waals surface area (Å²) in [6.45, 7) is 7.02. The van der Waals surface area contributed by atoms with Gasteiger partial charge in [0.05, 0.1) is 30.7 Å². The van der Waals surface area contributed by atoms with E-state index in [1.54, 1.807) is 23.2 Å². The van der Waals surface area contributed by atoms with E-state index >= 15 is 0 Å². The van der Waals surface area contributed by atoms with Crippen molar-refractivity contribution in [2.45, 2.75) is 19.8 Å². The number of benzene rings is 1. The molecule has 1 aliphatic heterocycles. The number of aromatic nitrogens is 4. The van der Waals surface area contributed by atoms with Gasteiger partial charge in [-0.1, -0.05) is 13.8 Å². The first kappa shape index (κ1) is 18.2. The van der Waals surface area contributed by atoms with Crippen LogP contribution in [0.1, 0.15) is 25.3 Å². The highest BCUT2D eigenvalue weighted by atomic mass is 16.5. The third-order valence-electron chi connectivity index (χ3n) is 4.90. The lowest BCUT2D eigenvalue weighted by atomic mass is 9.98. The van der Waals surface area contributed by atoms with E-state index in [1.807, 2.05) is 26.0 Å². The highest BCUT2D eigenvalue weighted by Gasteiger charge is 2.18. The number of phenols is 2. The lowest BCUT2D eigenvalue weighted by Gasteiger charge is -2.27. The van der Waals surface area contributed by atoms with Crippen molar-refractivity contribution >= 4 is 5.82 Å². The molecule has 0 spiro atoms. The SMILES string of the molecule is CC(C)c1cc(-c2nncn2-c2ccc(N3CCOCC3)nc2)c(O)cc1O. The van der Waals surface area contributed by atoms with Crippen LogP contribution in [0.2, 0.25) is 0 Å². The maximum absolute atomic E-state index is 10.4. The maximum atomic E-state index is 10.4. The number of rotatable bonds is 4. The van der Waals surface area contributed by atoms with Crippen LogP contribution in [0.3, 0.4) is 0 Å². The van der Waals surface area contributed by atoms with Gasteiger partial charge in [-0.3, -0.25) is 4.57 Å². The predicted octanol–water partition coefficient (Wildman–Crippen LogP) is 2.70. The molecule has 0 radical (unpaired) electrons. The van der Waals surface area contributed by atoms with Crippen molar-refractivity contribution in [1.29, 1.82) is 0 Å². The van der Waals surface area contributed by atoms with E-state index in [-0.39, 0.29) is 17.4 Å². The van der Waals surface area contributed by atoms with Crippen LogP contribution in [0, 0.1) is 0 Å². The van der Waals surface area contributed by atoms with Crippen LogP contribution in [-0.2, 0) is 4.74 Å². The van der Waals surface area contributed by atoms with E-state index in [2.05, 4.69) is 20.1 Å². The van der Waals surface area contributed by atoms with E-state index in [0.717, 1.165) is 30.2 Å². The monoisotopic (exact) mass is 381 g/mol. The molecule has 28 heavy (non-hydrogen) atoms. The molecule has 8 heteroatoms. The minimum Gasteiger partial charge on any atom is -0.508 e. The fourth-order valence-corrected chi connectivity index (χ4v) is 3.34. The Kier molecular flexibility index (Phi) is 4.87. The van der Waals surface area contributed by atoms with Gasteiger partial charge in [0, 0.05) is 19.2 Å². The second-order valence-corrected chi connectivity index (χ2v) is 7.08. The Labute approximate surface area is 163 Å². The van der Waals surface area contributed by atoms with Gasteiger partial charge in [0.2, 0.25) is 0 Å². The fourth-order valence-electron chi connectivity index (χ4n) is 3.34. The Morgan fingerprint density at radius 1 is 1.07 bits per heavy atom. The van der Waals surface area contributed by atoms with Gasteiger partial charge in [0.15, 0.2) is 5.82 Å². The molecule has 4 rings (SSSR count).